The molecule has 1 aromatic heterocycles. The average molecular weight is 302 g/mol. The molecule has 3 rings (SSSR count). The molecular formula is C17H20ClN3. The van der Waals surface area contributed by atoms with Crippen molar-refractivity contribution in [1.82, 2.24) is 9.55 Å². The van der Waals surface area contributed by atoms with E-state index in [-0.39, 0.29) is 5.38 Å². The fourth-order valence-corrected chi connectivity index (χ4v) is 3.66. The van der Waals surface area contributed by atoms with Crippen LogP contribution in [0.1, 0.15) is 56.3 Å². The lowest BCUT2D eigenvalue weighted by Crippen LogP contribution is -2.21. The van der Waals surface area contributed by atoms with Crippen molar-refractivity contribution >= 4 is 22.6 Å². The van der Waals surface area contributed by atoms with Gasteiger partial charge in [0.05, 0.1) is 16.5 Å². The SMILES string of the molecule is CC(Cl)c1nc2c(C#N)cccc2n1CC1(C)CCCC1. The number of rotatable bonds is 3. The van der Waals surface area contributed by atoms with Gasteiger partial charge in [0.2, 0.25) is 0 Å². The highest BCUT2D eigenvalue weighted by Crippen LogP contribution is 2.40. The van der Waals surface area contributed by atoms with Crippen LogP contribution in [0.4, 0.5) is 0 Å². The number of nitriles is 1. The molecule has 0 radical (unpaired) electrons. The fraction of sp³-hybridized carbons (Fsp3) is 0.529. The molecule has 1 heterocycles. The molecule has 0 N–H and O–H groups in total. The van der Waals surface area contributed by atoms with Crippen molar-refractivity contribution in [3.05, 3.63) is 29.6 Å². The average Bonchev–Trinajstić information content (AvgIpc) is 3.04. The quantitative estimate of drug-likeness (QED) is 0.765. The first kappa shape index (κ1) is 14.4. The third-order valence-electron chi connectivity index (χ3n) is 4.64. The Bertz CT molecular complexity index is 703. The van der Waals surface area contributed by atoms with Crippen molar-refractivity contribution < 1.29 is 0 Å². The summed E-state index contributed by atoms with van der Waals surface area (Å²) in [7, 11) is 0. The largest absolute Gasteiger partial charge is 0.326 e. The minimum absolute atomic E-state index is 0.158. The summed E-state index contributed by atoms with van der Waals surface area (Å²) in [4.78, 5) is 4.66. The van der Waals surface area contributed by atoms with Crippen molar-refractivity contribution in [2.75, 3.05) is 0 Å². The topological polar surface area (TPSA) is 41.6 Å². The molecule has 0 saturated heterocycles. The third-order valence-corrected chi connectivity index (χ3v) is 4.83. The van der Waals surface area contributed by atoms with E-state index < -0.39 is 0 Å². The molecule has 0 amide bonds. The van der Waals surface area contributed by atoms with E-state index >= 15 is 0 Å². The number of halogens is 1. The van der Waals surface area contributed by atoms with Gasteiger partial charge < -0.3 is 4.57 Å². The van der Waals surface area contributed by atoms with Crippen molar-refractivity contribution in [2.24, 2.45) is 5.41 Å². The Morgan fingerprint density at radius 2 is 2.14 bits per heavy atom. The van der Waals surface area contributed by atoms with Gasteiger partial charge >= 0.3 is 0 Å². The molecule has 1 unspecified atom stereocenters. The number of hydrogen-bond acceptors (Lipinski definition) is 2. The second kappa shape index (κ2) is 5.35. The van der Waals surface area contributed by atoms with E-state index in [1.165, 1.54) is 25.7 Å². The molecule has 0 aliphatic heterocycles. The van der Waals surface area contributed by atoms with Crippen LogP contribution in [-0.2, 0) is 6.54 Å². The second-order valence-electron chi connectivity index (χ2n) is 6.48. The summed E-state index contributed by atoms with van der Waals surface area (Å²) in [6.07, 6.45) is 5.11. The minimum Gasteiger partial charge on any atom is -0.326 e. The van der Waals surface area contributed by atoms with Crippen LogP contribution in [0.2, 0.25) is 0 Å². The zero-order chi connectivity index (χ0) is 15.0. The van der Waals surface area contributed by atoms with E-state index in [9.17, 15) is 5.26 Å². The van der Waals surface area contributed by atoms with Gasteiger partial charge in [0.15, 0.2) is 0 Å². The summed E-state index contributed by atoms with van der Waals surface area (Å²) in [6.45, 7) is 5.23. The van der Waals surface area contributed by atoms with Crippen LogP contribution in [-0.4, -0.2) is 9.55 Å². The molecule has 21 heavy (non-hydrogen) atoms. The second-order valence-corrected chi connectivity index (χ2v) is 7.13. The van der Waals surface area contributed by atoms with E-state index in [0.29, 0.717) is 11.0 Å². The van der Waals surface area contributed by atoms with Gasteiger partial charge in [-0.15, -0.1) is 11.6 Å². The molecule has 0 bridgehead atoms. The Labute approximate surface area is 130 Å². The standard InChI is InChI=1S/C17H20ClN3/c1-12(18)16-20-15-13(10-19)6-5-7-14(15)21(16)11-17(2)8-3-4-9-17/h5-7,12H,3-4,8-9,11H2,1-2H3. The molecule has 1 fully saturated rings. The van der Waals surface area contributed by atoms with Gasteiger partial charge in [-0.2, -0.15) is 5.26 Å². The predicted octanol–water partition coefficient (Wildman–Crippen LogP) is 4.79. The van der Waals surface area contributed by atoms with E-state index in [0.717, 1.165) is 23.4 Å². The van der Waals surface area contributed by atoms with Gasteiger partial charge in [-0.3, -0.25) is 0 Å². The van der Waals surface area contributed by atoms with Crippen LogP contribution in [0.15, 0.2) is 18.2 Å². The Morgan fingerprint density at radius 3 is 2.76 bits per heavy atom. The van der Waals surface area contributed by atoms with Crippen LogP contribution < -0.4 is 0 Å². The van der Waals surface area contributed by atoms with Gasteiger partial charge in [0.1, 0.15) is 17.4 Å². The van der Waals surface area contributed by atoms with Gasteiger partial charge in [0.25, 0.3) is 0 Å². The summed E-state index contributed by atoms with van der Waals surface area (Å²) in [6, 6.07) is 8.03. The molecular weight excluding hydrogens is 282 g/mol. The molecule has 0 spiro atoms. The van der Waals surface area contributed by atoms with Crippen molar-refractivity contribution in [2.45, 2.75) is 51.5 Å². The highest BCUT2D eigenvalue weighted by Gasteiger charge is 2.31. The first-order valence-corrected chi connectivity index (χ1v) is 8.01. The number of para-hydroxylation sites is 1. The Balaban J connectivity index is 2.15. The molecule has 1 atom stereocenters. The van der Waals surface area contributed by atoms with Crippen LogP contribution >= 0.6 is 11.6 Å². The third kappa shape index (κ3) is 2.53. The normalized spacial score (nSPS) is 18.8. The number of benzene rings is 1. The monoisotopic (exact) mass is 301 g/mol. The molecule has 4 heteroatoms. The number of imidazole rings is 1. The fourth-order valence-electron chi connectivity index (χ4n) is 3.49. The lowest BCUT2D eigenvalue weighted by Gasteiger charge is -2.26. The number of nitrogens with zero attached hydrogens (tertiary/aromatic N) is 3. The Morgan fingerprint density at radius 1 is 1.43 bits per heavy atom. The number of alkyl halides is 1. The van der Waals surface area contributed by atoms with Crippen molar-refractivity contribution in [3.63, 3.8) is 0 Å². The maximum absolute atomic E-state index is 9.28. The molecule has 1 aliphatic rings. The number of fused-ring (bicyclic) bond motifs is 1. The molecule has 110 valence electrons. The molecule has 1 saturated carbocycles. The van der Waals surface area contributed by atoms with Crippen LogP contribution in [0.25, 0.3) is 11.0 Å². The number of hydrogen-bond donors (Lipinski definition) is 0. The predicted molar refractivity (Wildman–Crippen MR) is 85.3 cm³/mol. The van der Waals surface area contributed by atoms with Crippen LogP contribution in [0.5, 0.6) is 0 Å². The highest BCUT2D eigenvalue weighted by molar-refractivity contribution is 6.20. The van der Waals surface area contributed by atoms with E-state index in [1.807, 2.05) is 25.1 Å². The summed E-state index contributed by atoms with van der Waals surface area (Å²) >= 11 is 6.34. The molecule has 2 aromatic rings. The molecule has 3 nitrogen and oxygen atoms in total. The van der Waals surface area contributed by atoms with Gasteiger partial charge in [-0.1, -0.05) is 25.8 Å². The summed E-state index contributed by atoms with van der Waals surface area (Å²) in [5.74, 6) is 0.877. The number of aromatic nitrogens is 2. The zero-order valence-corrected chi connectivity index (χ0v) is 13.3. The highest BCUT2D eigenvalue weighted by atomic mass is 35.5. The first-order valence-electron chi connectivity index (χ1n) is 7.57. The molecule has 1 aliphatic carbocycles. The summed E-state index contributed by atoms with van der Waals surface area (Å²) in [5, 5.41) is 9.12. The lowest BCUT2D eigenvalue weighted by atomic mass is 9.88. The Kier molecular flexibility index (Phi) is 3.67. The van der Waals surface area contributed by atoms with Gasteiger partial charge in [-0.05, 0) is 37.3 Å². The molecule has 1 aromatic carbocycles. The minimum atomic E-state index is -0.158. The summed E-state index contributed by atoms with van der Waals surface area (Å²) in [5.41, 5.74) is 2.76. The lowest BCUT2D eigenvalue weighted by molar-refractivity contribution is 0.281. The van der Waals surface area contributed by atoms with Crippen LogP contribution in [0, 0.1) is 16.7 Å². The zero-order valence-electron chi connectivity index (χ0n) is 12.6. The first-order chi connectivity index (χ1) is 10.0. The van der Waals surface area contributed by atoms with Crippen LogP contribution in [0.3, 0.4) is 0 Å². The summed E-state index contributed by atoms with van der Waals surface area (Å²) < 4.78 is 2.24. The van der Waals surface area contributed by atoms with Gasteiger partial charge in [-0.25, -0.2) is 4.98 Å². The van der Waals surface area contributed by atoms with Crippen molar-refractivity contribution in [3.8, 4) is 6.07 Å². The van der Waals surface area contributed by atoms with Crippen molar-refractivity contribution in [1.29, 1.82) is 5.26 Å². The van der Waals surface area contributed by atoms with Gasteiger partial charge in [0, 0.05) is 6.54 Å². The van der Waals surface area contributed by atoms with E-state index in [2.05, 4.69) is 22.5 Å². The van der Waals surface area contributed by atoms with E-state index in [4.69, 9.17) is 11.6 Å². The Hall–Kier alpha value is -1.53. The maximum atomic E-state index is 9.28. The maximum Gasteiger partial charge on any atom is 0.127 e. The van der Waals surface area contributed by atoms with E-state index in [1.54, 1.807) is 0 Å². The smallest absolute Gasteiger partial charge is 0.127 e.